The van der Waals surface area contributed by atoms with Gasteiger partial charge >= 0.3 is 0 Å². The first kappa shape index (κ1) is 19.1. The van der Waals surface area contributed by atoms with Crippen LogP contribution in [-0.4, -0.2) is 25.1 Å². The van der Waals surface area contributed by atoms with Crippen LogP contribution in [0.1, 0.15) is 53.7 Å². The van der Waals surface area contributed by atoms with E-state index in [1.807, 2.05) is 30.3 Å². The number of Topliss-reactive ketones (excluding diaryl/α,β-unsaturated/α-hetero) is 1. The number of rotatable bonds is 5. The van der Waals surface area contributed by atoms with Crippen LogP contribution in [0.3, 0.4) is 0 Å². The molecule has 3 nitrogen and oxygen atoms in total. The Morgan fingerprint density at radius 1 is 1.11 bits per heavy atom. The summed E-state index contributed by atoms with van der Waals surface area (Å²) < 4.78 is 12.3. The van der Waals surface area contributed by atoms with Crippen molar-refractivity contribution in [1.29, 1.82) is 0 Å². The number of benzene rings is 2. The van der Waals surface area contributed by atoms with E-state index in [1.54, 1.807) is 0 Å². The van der Waals surface area contributed by atoms with Crippen molar-refractivity contribution in [2.75, 3.05) is 13.2 Å². The van der Waals surface area contributed by atoms with E-state index in [9.17, 15) is 4.79 Å². The monoisotopic (exact) mass is 376 g/mol. The summed E-state index contributed by atoms with van der Waals surface area (Å²) in [7, 11) is 0. The first-order valence-electron chi connectivity index (χ1n) is 10.0. The number of carbonyl (C=O) groups is 1. The summed E-state index contributed by atoms with van der Waals surface area (Å²) in [5.74, 6) is 0.233. The van der Waals surface area contributed by atoms with Crippen LogP contribution in [0.2, 0.25) is 0 Å². The van der Waals surface area contributed by atoms with Gasteiger partial charge in [-0.05, 0) is 35.6 Å². The molecule has 4 rings (SSSR count). The van der Waals surface area contributed by atoms with Gasteiger partial charge in [-0.15, -0.1) is 0 Å². The van der Waals surface area contributed by atoms with E-state index >= 15 is 0 Å². The van der Waals surface area contributed by atoms with Crippen molar-refractivity contribution in [2.45, 2.75) is 46.3 Å². The first-order valence-corrected chi connectivity index (χ1v) is 10.0. The molecular formula is C25H28O3. The lowest BCUT2D eigenvalue weighted by molar-refractivity contribution is -0.0630. The second-order valence-corrected chi connectivity index (χ2v) is 8.65. The maximum absolute atomic E-state index is 12.7. The maximum atomic E-state index is 12.7. The van der Waals surface area contributed by atoms with Crippen molar-refractivity contribution in [3.8, 4) is 0 Å². The standard InChI is InChI=1S/C25H28O3/c1-17-8-7-11-20-22(26)12-19-13-23(28-15-21(19)24(17)20)25(2,3)16-27-14-18-9-5-4-6-10-18/h4-11,23H,12-16H2,1-3H3. The number of ketones is 1. The zero-order chi connectivity index (χ0) is 19.7. The number of aryl methyl sites for hydroxylation is 1. The molecule has 0 spiro atoms. The zero-order valence-electron chi connectivity index (χ0n) is 17.0. The third-order valence-electron chi connectivity index (χ3n) is 5.99. The Hall–Kier alpha value is -2.23. The summed E-state index contributed by atoms with van der Waals surface area (Å²) in [5.41, 5.74) is 6.65. The van der Waals surface area contributed by atoms with Gasteiger partial charge in [-0.25, -0.2) is 0 Å². The van der Waals surface area contributed by atoms with E-state index in [4.69, 9.17) is 9.47 Å². The molecule has 0 saturated heterocycles. The molecule has 0 amide bonds. The predicted octanol–water partition coefficient (Wildman–Crippen LogP) is 5.37. The lowest BCUT2D eigenvalue weighted by Gasteiger charge is -2.40. The fourth-order valence-electron chi connectivity index (χ4n) is 4.31. The maximum Gasteiger partial charge on any atom is 0.167 e. The van der Waals surface area contributed by atoms with Crippen LogP contribution >= 0.6 is 0 Å². The predicted molar refractivity (Wildman–Crippen MR) is 111 cm³/mol. The molecule has 3 heteroatoms. The van der Waals surface area contributed by atoms with E-state index in [0.29, 0.717) is 26.2 Å². The molecule has 146 valence electrons. The van der Waals surface area contributed by atoms with Gasteiger partial charge in [-0.2, -0.15) is 0 Å². The van der Waals surface area contributed by atoms with Crippen LogP contribution in [-0.2, 0) is 16.1 Å². The van der Waals surface area contributed by atoms with Crippen LogP contribution in [0.4, 0.5) is 0 Å². The molecule has 28 heavy (non-hydrogen) atoms. The molecule has 1 atom stereocenters. The molecule has 2 aromatic carbocycles. The molecule has 0 aromatic heterocycles. The smallest absolute Gasteiger partial charge is 0.167 e. The molecule has 1 aliphatic carbocycles. The van der Waals surface area contributed by atoms with Crippen LogP contribution in [0.15, 0.2) is 54.1 Å². The Labute approximate surface area is 167 Å². The molecule has 1 aliphatic heterocycles. The SMILES string of the molecule is Cc1cccc2c1C1=C(CC2=O)CC(C(C)(C)COCc2ccccc2)OC1. The third-order valence-corrected chi connectivity index (χ3v) is 5.99. The van der Waals surface area contributed by atoms with Gasteiger partial charge in [0, 0.05) is 17.4 Å². The highest BCUT2D eigenvalue weighted by atomic mass is 16.5. The van der Waals surface area contributed by atoms with E-state index in [1.165, 1.54) is 16.7 Å². The summed E-state index contributed by atoms with van der Waals surface area (Å²) >= 11 is 0. The average molecular weight is 376 g/mol. The Morgan fingerprint density at radius 3 is 2.68 bits per heavy atom. The number of ether oxygens (including phenoxy) is 2. The van der Waals surface area contributed by atoms with Crippen LogP contribution in [0.25, 0.3) is 5.57 Å². The highest BCUT2D eigenvalue weighted by Crippen LogP contribution is 2.42. The quantitative estimate of drug-likeness (QED) is 0.704. The van der Waals surface area contributed by atoms with Crippen molar-refractivity contribution < 1.29 is 14.3 Å². The van der Waals surface area contributed by atoms with Gasteiger partial charge in [-0.3, -0.25) is 4.79 Å². The van der Waals surface area contributed by atoms with Gasteiger partial charge in [-0.1, -0.05) is 68.0 Å². The minimum Gasteiger partial charge on any atom is -0.376 e. The normalized spacial score (nSPS) is 19.4. The van der Waals surface area contributed by atoms with Gasteiger partial charge in [0.05, 0.1) is 25.9 Å². The Bertz CT molecular complexity index is 909. The molecule has 0 radical (unpaired) electrons. The molecule has 2 aromatic rings. The minimum absolute atomic E-state index is 0.0559. The van der Waals surface area contributed by atoms with Crippen LogP contribution < -0.4 is 0 Å². The molecule has 1 unspecified atom stereocenters. The second-order valence-electron chi connectivity index (χ2n) is 8.65. The molecule has 2 aliphatic rings. The molecule has 1 heterocycles. The van der Waals surface area contributed by atoms with E-state index in [0.717, 1.165) is 23.1 Å². The van der Waals surface area contributed by atoms with Gasteiger partial charge in [0.1, 0.15) is 0 Å². The van der Waals surface area contributed by atoms with E-state index in [-0.39, 0.29) is 17.3 Å². The molecule has 0 N–H and O–H groups in total. The lowest BCUT2D eigenvalue weighted by atomic mass is 9.75. The van der Waals surface area contributed by atoms with Crippen LogP contribution in [0.5, 0.6) is 0 Å². The van der Waals surface area contributed by atoms with E-state index in [2.05, 4.69) is 39.0 Å². The van der Waals surface area contributed by atoms with Crippen LogP contribution in [0, 0.1) is 12.3 Å². The Kier molecular flexibility index (Phi) is 5.22. The minimum atomic E-state index is -0.123. The van der Waals surface area contributed by atoms with Gasteiger partial charge < -0.3 is 9.47 Å². The number of hydrogen-bond acceptors (Lipinski definition) is 3. The van der Waals surface area contributed by atoms with Gasteiger partial charge in [0.2, 0.25) is 0 Å². The Balaban J connectivity index is 1.47. The van der Waals surface area contributed by atoms with Crippen molar-refractivity contribution in [3.05, 3.63) is 76.4 Å². The summed E-state index contributed by atoms with van der Waals surface area (Å²) in [6.07, 6.45) is 1.38. The van der Waals surface area contributed by atoms with E-state index < -0.39 is 0 Å². The number of hydrogen-bond donors (Lipinski definition) is 0. The molecular weight excluding hydrogens is 348 g/mol. The Morgan fingerprint density at radius 2 is 1.89 bits per heavy atom. The molecule has 0 saturated carbocycles. The summed E-state index contributed by atoms with van der Waals surface area (Å²) in [5, 5.41) is 0. The van der Waals surface area contributed by atoms with Crippen molar-refractivity contribution >= 4 is 11.4 Å². The highest BCUT2D eigenvalue weighted by Gasteiger charge is 2.38. The van der Waals surface area contributed by atoms with Gasteiger partial charge in [0.15, 0.2) is 5.78 Å². The summed E-state index contributed by atoms with van der Waals surface area (Å²) in [6, 6.07) is 16.2. The fourth-order valence-corrected chi connectivity index (χ4v) is 4.31. The number of fused-ring (bicyclic) bond motifs is 2. The fraction of sp³-hybridized carbons (Fsp3) is 0.400. The average Bonchev–Trinajstić information content (AvgIpc) is 2.68. The second kappa shape index (κ2) is 7.65. The largest absolute Gasteiger partial charge is 0.376 e. The topological polar surface area (TPSA) is 35.5 Å². The van der Waals surface area contributed by atoms with Gasteiger partial charge in [0.25, 0.3) is 0 Å². The highest BCUT2D eigenvalue weighted by molar-refractivity contribution is 6.06. The van der Waals surface area contributed by atoms with Crippen molar-refractivity contribution in [1.82, 2.24) is 0 Å². The summed E-state index contributed by atoms with van der Waals surface area (Å²) in [4.78, 5) is 12.7. The summed E-state index contributed by atoms with van der Waals surface area (Å²) in [6.45, 7) is 8.27. The first-order chi connectivity index (χ1) is 13.5. The molecule has 0 fully saturated rings. The number of carbonyl (C=O) groups excluding carboxylic acids is 1. The van der Waals surface area contributed by atoms with Crippen molar-refractivity contribution in [3.63, 3.8) is 0 Å². The zero-order valence-corrected chi connectivity index (χ0v) is 17.0. The third kappa shape index (κ3) is 3.69. The molecule has 0 bridgehead atoms. The van der Waals surface area contributed by atoms with Crippen molar-refractivity contribution in [2.24, 2.45) is 5.41 Å². The lowest BCUT2D eigenvalue weighted by Crippen LogP contribution is -2.40.